The first-order valence-corrected chi connectivity index (χ1v) is 4.99. The molecule has 1 aromatic heterocycles. The van der Waals surface area contributed by atoms with Crippen molar-refractivity contribution in [3.05, 3.63) is 14.7 Å². The van der Waals surface area contributed by atoms with Gasteiger partial charge in [0, 0.05) is 17.1 Å². The fourth-order valence-electron chi connectivity index (χ4n) is 1.20. The summed E-state index contributed by atoms with van der Waals surface area (Å²) in [5.41, 5.74) is 1.34. The first kappa shape index (κ1) is 6.68. The van der Waals surface area contributed by atoms with Crippen LogP contribution in [-0.4, -0.2) is 6.54 Å². The molecular weight excluding hydrogens is 210 g/mol. The van der Waals surface area contributed by atoms with Gasteiger partial charge in [-0.05, 0) is 34.8 Å². The third-order valence-corrected chi connectivity index (χ3v) is 3.37. The minimum Gasteiger partial charge on any atom is -0.384 e. The summed E-state index contributed by atoms with van der Waals surface area (Å²) in [5.74, 6) is 0. The van der Waals surface area contributed by atoms with E-state index in [4.69, 9.17) is 0 Å². The molecule has 0 saturated carbocycles. The van der Waals surface area contributed by atoms with Gasteiger partial charge in [0.15, 0.2) is 0 Å². The van der Waals surface area contributed by atoms with Crippen molar-refractivity contribution in [3.8, 4) is 0 Å². The van der Waals surface area contributed by atoms with Crippen LogP contribution in [0.4, 0.5) is 5.69 Å². The van der Waals surface area contributed by atoms with Gasteiger partial charge in [-0.25, -0.2) is 0 Å². The number of rotatable bonds is 0. The number of anilines is 1. The molecule has 10 heavy (non-hydrogen) atoms. The highest BCUT2D eigenvalue weighted by Gasteiger charge is 2.10. The Morgan fingerprint density at radius 3 is 3.30 bits per heavy atom. The summed E-state index contributed by atoms with van der Waals surface area (Å²) in [4.78, 5) is 1.50. The van der Waals surface area contributed by atoms with Gasteiger partial charge < -0.3 is 5.32 Å². The molecule has 0 atom stereocenters. The van der Waals surface area contributed by atoms with Gasteiger partial charge in [0.2, 0.25) is 0 Å². The van der Waals surface area contributed by atoms with Crippen molar-refractivity contribution in [2.24, 2.45) is 0 Å². The van der Waals surface area contributed by atoms with E-state index in [9.17, 15) is 0 Å². The number of hydrogen-bond donors (Lipinski definition) is 1. The van der Waals surface area contributed by atoms with Crippen LogP contribution in [0.1, 0.15) is 11.3 Å². The Kier molecular flexibility index (Phi) is 1.70. The Labute approximate surface area is 72.6 Å². The second-order valence-corrected chi connectivity index (χ2v) is 4.93. The number of halogens is 1. The van der Waals surface area contributed by atoms with Crippen molar-refractivity contribution in [1.29, 1.82) is 0 Å². The highest BCUT2D eigenvalue weighted by Crippen LogP contribution is 2.33. The van der Waals surface area contributed by atoms with Gasteiger partial charge in [0.1, 0.15) is 0 Å². The largest absolute Gasteiger partial charge is 0.384 e. The first-order valence-electron chi connectivity index (χ1n) is 3.38. The van der Waals surface area contributed by atoms with Gasteiger partial charge in [-0.1, -0.05) is 0 Å². The number of nitrogens with one attached hydrogen (secondary N) is 1. The lowest BCUT2D eigenvalue weighted by molar-refractivity contribution is 0.845. The zero-order valence-electron chi connectivity index (χ0n) is 5.48. The summed E-state index contributed by atoms with van der Waals surface area (Å²) in [6.45, 7) is 1.14. The summed E-state index contributed by atoms with van der Waals surface area (Å²) in [5, 5.41) is 3.36. The molecule has 1 aliphatic rings. The highest BCUT2D eigenvalue weighted by molar-refractivity contribution is 9.11. The van der Waals surface area contributed by atoms with Crippen LogP contribution in [0.2, 0.25) is 0 Å². The van der Waals surface area contributed by atoms with E-state index in [0.717, 1.165) is 6.54 Å². The zero-order chi connectivity index (χ0) is 6.97. The van der Waals surface area contributed by atoms with Crippen LogP contribution in [0.3, 0.4) is 0 Å². The number of aryl methyl sites for hydroxylation is 1. The fraction of sp³-hybridized carbons (Fsp3) is 0.429. The summed E-state index contributed by atoms with van der Waals surface area (Å²) in [6.07, 6.45) is 2.53. The molecule has 1 N–H and O–H groups in total. The van der Waals surface area contributed by atoms with Crippen molar-refractivity contribution in [2.45, 2.75) is 12.8 Å². The lowest BCUT2D eigenvalue weighted by atomic mass is 10.2. The normalized spacial score (nSPS) is 16.1. The van der Waals surface area contributed by atoms with Crippen LogP contribution in [0.25, 0.3) is 0 Å². The van der Waals surface area contributed by atoms with Crippen molar-refractivity contribution in [3.63, 3.8) is 0 Å². The smallest absolute Gasteiger partial charge is 0.0722 e. The SMILES string of the molecule is Brc1cc2c(s1)CCCN2. The molecule has 1 aromatic rings. The molecule has 54 valence electrons. The average molecular weight is 218 g/mol. The Bertz CT molecular complexity index is 220. The molecule has 1 aliphatic heterocycles. The number of thiophene rings is 1. The van der Waals surface area contributed by atoms with Crippen LogP contribution in [0.15, 0.2) is 9.85 Å². The van der Waals surface area contributed by atoms with Crippen LogP contribution >= 0.6 is 27.3 Å². The van der Waals surface area contributed by atoms with Crippen LogP contribution in [0, 0.1) is 0 Å². The van der Waals surface area contributed by atoms with E-state index in [0.29, 0.717) is 0 Å². The van der Waals surface area contributed by atoms with Crippen molar-refractivity contribution in [2.75, 3.05) is 11.9 Å². The Balaban J connectivity index is 2.41. The third kappa shape index (κ3) is 1.08. The summed E-state index contributed by atoms with van der Waals surface area (Å²) >= 11 is 5.32. The van der Waals surface area contributed by atoms with Crippen LogP contribution < -0.4 is 5.32 Å². The number of fused-ring (bicyclic) bond motifs is 1. The summed E-state index contributed by atoms with van der Waals surface area (Å²) in [6, 6.07) is 2.17. The van der Waals surface area contributed by atoms with Crippen molar-refractivity contribution in [1.82, 2.24) is 0 Å². The lowest BCUT2D eigenvalue weighted by Gasteiger charge is -2.11. The predicted octanol–water partition coefficient (Wildman–Crippen LogP) is 2.87. The Morgan fingerprint density at radius 2 is 2.50 bits per heavy atom. The van der Waals surface area contributed by atoms with E-state index in [1.54, 1.807) is 0 Å². The van der Waals surface area contributed by atoms with Gasteiger partial charge in [-0.2, -0.15) is 0 Å². The maximum Gasteiger partial charge on any atom is 0.0722 e. The molecule has 0 aliphatic carbocycles. The molecule has 0 radical (unpaired) electrons. The maximum absolute atomic E-state index is 3.47. The van der Waals surface area contributed by atoms with Gasteiger partial charge in [0.05, 0.1) is 3.79 Å². The standard InChI is InChI=1S/C7H8BrNS/c8-7-4-5-6(10-7)2-1-3-9-5/h4,9H,1-3H2. The maximum atomic E-state index is 3.47. The third-order valence-electron chi connectivity index (χ3n) is 1.67. The minimum atomic E-state index is 1.14. The average Bonchev–Trinajstić information content (AvgIpc) is 2.27. The minimum absolute atomic E-state index is 1.14. The molecule has 0 spiro atoms. The number of hydrogen-bond acceptors (Lipinski definition) is 2. The first-order chi connectivity index (χ1) is 4.86. The molecule has 2 heterocycles. The van der Waals surface area contributed by atoms with Gasteiger partial charge in [-0.15, -0.1) is 11.3 Å². The van der Waals surface area contributed by atoms with E-state index >= 15 is 0 Å². The fourth-order valence-corrected chi connectivity index (χ4v) is 2.92. The van der Waals surface area contributed by atoms with E-state index < -0.39 is 0 Å². The monoisotopic (exact) mass is 217 g/mol. The molecule has 0 fully saturated rings. The predicted molar refractivity (Wildman–Crippen MR) is 48.8 cm³/mol. The Morgan fingerprint density at radius 1 is 1.60 bits per heavy atom. The second kappa shape index (κ2) is 2.55. The molecule has 2 rings (SSSR count). The topological polar surface area (TPSA) is 12.0 Å². The zero-order valence-corrected chi connectivity index (χ0v) is 7.89. The Hall–Kier alpha value is -0.0200. The van der Waals surface area contributed by atoms with Gasteiger partial charge in [-0.3, -0.25) is 0 Å². The molecule has 0 amide bonds. The molecule has 1 nitrogen and oxygen atoms in total. The molecule has 0 bridgehead atoms. The van der Waals surface area contributed by atoms with Gasteiger partial charge in [0.25, 0.3) is 0 Å². The molecule has 0 aromatic carbocycles. The molecule has 0 unspecified atom stereocenters. The van der Waals surface area contributed by atoms with E-state index in [1.165, 1.54) is 27.2 Å². The lowest BCUT2D eigenvalue weighted by Crippen LogP contribution is -2.08. The second-order valence-electron chi connectivity index (χ2n) is 2.42. The molecule has 0 saturated heterocycles. The van der Waals surface area contributed by atoms with Crippen molar-refractivity contribution < 1.29 is 0 Å². The quantitative estimate of drug-likeness (QED) is 0.705. The molecule has 3 heteroatoms. The summed E-state index contributed by atoms with van der Waals surface area (Å²) in [7, 11) is 0. The molecular formula is C7H8BrNS. The van der Waals surface area contributed by atoms with E-state index in [2.05, 4.69) is 27.3 Å². The highest BCUT2D eigenvalue weighted by atomic mass is 79.9. The van der Waals surface area contributed by atoms with Crippen molar-refractivity contribution >= 4 is 33.0 Å². The van der Waals surface area contributed by atoms with E-state index in [-0.39, 0.29) is 0 Å². The van der Waals surface area contributed by atoms with Crippen LogP contribution in [0.5, 0.6) is 0 Å². The van der Waals surface area contributed by atoms with Gasteiger partial charge >= 0.3 is 0 Å². The van der Waals surface area contributed by atoms with E-state index in [1.807, 2.05) is 11.3 Å². The summed E-state index contributed by atoms with van der Waals surface area (Å²) < 4.78 is 1.24. The van der Waals surface area contributed by atoms with Crippen LogP contribution in [-0.2, 0) is 6.42 Å².